The standard InChI is InChI=1S/C22H25F2N7O2/c1-12-15(5-4-6-30(12)13-9-22(23,24)10-13)27-18-8-19(25-2)31-20(29-18)14(11-26-31)21(32)28-16-7-17(16)33-3/h4-6,8,11,13,16-17,25H,1,7,9-10H2,2-3H3,(H,27,29)(H,28,32)/t16?,17-/m1/s1. The van der Waals surface area contributed by atoms with E-state index in [2.05, 4.69) is 32.6 Å². The maximum atomic E-state index is 13.4. The predicted octanol–water partition coefficient (Wildman–Crippen LogP) is 2.72. The Kier molecular flexibility index (Phi) is 5.08. The number of ether oxygens (including phenoxy) is 1. The molecule has 5 rings (SSSR count). The average Bonchev–Trinajstić information content (AvgIpc) is 3.38. The van der Waals surface area contributed by atoms with Crippen LogP contribution in [0.3, 0.4) is 0 Å². The number of halogens is 2. The van der Waals surface area contributed by atoms with E-state index in [1.54, 1.807) is 41.9 Å². The first-order valence-electron chi connectivity index (χ1n) is 10.7. The Hall–Kier alpha value is -3.47. The molecule has 9 nitrogen and oxygen atoms in total. The molecule has 2 fully saturated rings. The number of nitrogens with one attached hydrogen (secondary N) is 3. The highest BCUT2D eigenvalue weighted by molar-refractivity contribution is 6.00. The maximum absolute atomic E-state index is 13.4. The van der Waals surface area contributed by atoms with E-state index in [1.165, 1.54) is 6.20 Å². The van der Waals surface area contributed by atoms with Gasteiger partial charge in [-0.3, -0.25) is 4.79 Å². The van der Waals surface area contributed by atoms with Gasteiger partial charge >= 0.3 is 0 Å². The molecule has 0 saturated heterocycles. The molecule has 0 spiro atoms. The highest BCUT2D eigenvalue weighted by Gasteiger charge is 2.48. The van der Waals surface area contributed by atoms with Crippen LogP contribution in [0.5, 0.6) is 0 Å². The Morgan fingerprint density at radius 2 is 2.15 bits per heavy atom. The van der Waals surface area contributed by atoms with E-state index >= 15 is 0 Å². The zero-order valence-corrected chi connectivity index (χ0v) is 18.3. The van der Waals surface area contributed by atoms with Crippen LogP contribution in [0.1, 0.15) is 29.6 Å². The zero-order valence-electron chi connectivity index (χ0n) is 18.3. The molecule has 1 aliphatic heterocycles. The van der Waals surface area contributed by atoms with Gasteiger partial charge in [0, 0.05) is 45.3 Å². The summed E-state index contributed by atoms with van der Waals surface area (Å²) in [6.45, 7) is 4.08. The molecule has 174 valence electrons. The third-order valence-corrected chi connectivity index (χ3v) is 6.18. The number of aromatic nitrogens is 3. The van der Waals surface area contributed by atoms with E-state index < -0.39 is 5.92 Å². The fourth-order valence-electron chi connectivity index (χ4n) is 4.17. The number of allylic oxidation sites excluding steroid dienone is 2. The second kappa shape index (κ2) is 7.84. The molecule has 2 aromatic heterocycles. The van der Waals surface area contributed by atoms with Gasteiger partial charge in [-0.1, -0.05) is 6.58 Å². The van der Waals surface area contributed by atoms with Crippen molar-refractivity contribution in [3.8, 4) is 0 Å². The van der Waals surface area contributed by atoms with Crippen molar-refractivity contribution in [1.82, 2.24) is 24.8 Å². The first kappa shape index (κ1) is 21.4. The van der Waals surface area contributed by atoms with Crippen molar-refractivity contribution < 1.29 is 18.3 Å². The van der Waals surface area contributed by atoms with Crippen molar-refractivity contribution in [1.29, 1.82) is 0 Å². The van der Waals surface area contributed by atoms with Crippen molar-refractivity contribution in [2.45, 2.75) is 43.4 Å². The zero-order chi connectivity index (χ0) is 23.3. The summed E-state index contributed by atoms with van der Waals surface area (Å²) in [5.74, 6) is -1.81. The number of amides is 1. The number of carbonyl (C=O) groups excluding carboxylic acids is 1. The quantitative estimate of drug-likeness (QED) is 0.588. The lowest BCUT2D eigenvalue weighted by Crippen LogP contribution is -2.49. The van der Waals surface area contributed by atoms with Crippen LogP contribution in [0.25, 0.3) is 5.65 Å². The normalized spacial score (nSPS) is 23.8. The maximum Gasteiger partial charge on any atom is 0.257 e. The van der Waals surface area contributed by atoms with E-state index in [1.807, 2.05) is 6.08 Å². The van der Waals surface area contributed by atoms with Crippen LogP contribution >= 0.6 is 0 Å². The molecule has 3 N–H and O–H groups in total. The number of alkyl halides is 2. The molecule has 0 aromatic carbocycles. The Morgan fingerprint density at radius 3 is 2.82 bits per heavy atom. The van der Waals surface area contributed by atoms with E-state index in [4.69, 9.17) is 4.74 Å². The second-order valence-electron chi connectivity index (χ2n) is 8.48. The van der Waals surface area contributed by atoms with Crippen molar-refractivity contribution in [3.63, 3.8) is 0 Å². The highest BCUT2D eigenvalue weighted by Crippen LogP contribution is 2.43. The molecule has 1 amide bonds. The summed E-state index contributed by atoms with van der Waals surface area (Å²) in [6.07, 6.45) is 7.24. The highest BCUT2D eigenvalue weighted by atomic mass is 19.3. The molecule has 3 aliphatic rings. The van der Waals surface area contributed by atoms with E-state index in [9.17, 15) is 13.6 Å². The molecule has 3 heterocycles. The van der Waals surface area contributed by atoms with Gasteiger partial charge in [0.2, 0.25) is 0 Å². The third-order valence-electron chi connectivity index (χ3n) is 6.18. The smallest absolute Gasteiger partial charge is 0.257 e. The van der Waals surface area contributed by atoms with Crippen molar-refractivity contribution in [2.75, 3.05) is 24.8 Å². The summed E-state index contributed by atoms with van der Waals surface area (Å²) in [5, 5.41) is 13.5. The van der Waals surface area contributed by atoms with Gasteiger partial charge in [0.1, 0.15) is 17.2 Å². The molecule has 2 aromatic rings. The second-order valence-corrected chi connectivity index (χ2v) is 8.48. The largest absolute Gasteiger partial charge is 0.379 e. The van der Waals surface area contributed by atoms with Gasteiger partial charge in [0.15, 0.2) is 5.65 Å². The number of carbonyl (C=O) groups is 1. The van der Waals surface area contributed by atoms with Crippen LogP contribution in [0.2, 0.25) is 0 Å². The molecule has 33 heavy (non-hydrogen) atoms. The molecular formula is C22H25F2N7O2. The molecule has 2 aliphatic carbocycles. The third kappa shape index (κ3) is 3.92. The van der Waals surface area contributed by atoms with Crippen LogP contribution in [0.4, 0.5) is 20.4 Å². The lowest BCUT2D eigenvalue weighted by molar-refractivity contribution is -0.110. The van der Waals surface area contributed by atoms with Gasteiger partial charge in [0.25, 0.3) is 11.8 Å². The van der Waals surface area contributed by atoms with Crippen LogP contribution in [0, 0.1) is 0 Å². The van der Waals surface area contributed by atoms with Crippen molar-refractivity contribution in [3.05, 3.63) is 54.2 Å². The van der Waals surface area contributed by atoms with Crippen LogP contribution in [-0.2, 0) is 4.74 Å². The fourth-order valence-corrected chi connectivity index (χ4v) is 4.17. The van der Waals surface area contributed by atoms with Gasteiger partial charge in [-0.25, -0.2) is 13.8 Å². The van der Waals surface area contributed by atoms with E-state index in [0.29, 0.717) is 34.2 Å². The van der Waals surface area contributed by atoms with Crippen molar-refractivity contribution >= 4 is 23.2 Å². The van der Waals surface area contributed by atoms with Crippen molar-refractivity contribution in [2.24, 2.45) is 0 Å². The van der Waals surface area contributed by atoms with Gasteiger partial charge in [-0.15, -0.1) is 0 Å². The van der Waals surface area contributed by atoms with Gasteiger partial charge in [0.05, 0.1) is 29.7 Å². The molecule has 0 bridgehead atoms. The summed E-state index contributed by atoms with van der Waals surface area (Å²) in [5.41, 5.74) is 1.94. The summed E-state index contributed by atoms with van der Waals surface area (Å²) < 4.78 is 33.5. The van der Waals surface area contributed by atoms with Gasteiger partial charge in [-0.2, -0.15) is 9.61 Å². The SMILES string of the molecule is C=C1C(Nc2cc(NC)n3ncc(C(=O)NC4C[C@H]4OC)c3n2)=CC=CN1C1CC(F)(F)C1. The number of rotatable bonds is 7. The first-order valence-corrected chi connectivity index (χ1v) is 10.7. The average molecular weight is 457 g/mol. The molecule has 0 radical (unpaired) electrons. The molecule has 2 saturated carbocycles. The summed E-state index contributed by atoms with van der Waals surface area (Å²) in [4.78, 5) is 19.2. The van der Waals surface area contributed by atoms with Crippen LogP contribution in [0.15, 0.2) is 48.6 Å². The Labute approximate surface area is 189 Å². The number of hydrogen-bond acceptors (Lipinski definition) is 7. The summed E-state index contributed by atoms with van der Waals surface area (Å²) >= 11 is 0. The van der Waals surface area contributed by atoms with Crippen LogP contribution < -0.4 is 16.0 Å². The Bertz CT molecular complexity index is 1180. The summed E-state index contributed by atoms with van der Waals surface area (Å²) in [6, 6.07) is 1.44. The van der Waals surface area contributed by atoms with E-state index in [-0.39, 0.29) is 36.9 Å². The minimum absolute atomic E-state index is 0.0186. The molecule has 2 atom stereocenters. The summed E-state index contributed by atoms with van der Waals surface area (Å²) in [7, 11) is 3.36. The van der Waals surface area contributed by atoms with Gasteiger partial charge < -0.3 is 25.6 Å². The number of methoxy groups -OCH3 is 1. The Morgan fingerprint density at radius 1 is 1.36 bits per heavy atom. The predicted molar refractivity (Wildman–Crippen MR) is 119 cm³/mol. The van der Waals surface area contributed by atoms with Crippen LogP contribution in [-0.4, -0.2) is 63.7 Å². The lowest BCUT2D eigenvalue weighted by atomic mass is 9.86. The number of nitrogens with zero attached hydrogens (tertiary/aromatic N) is 4. The Balaban J connectivity index is 1.38. The lowest BCUT2D eigenvalue weighted by Gasteiger charge is -2.44. The topological polar surface area (TPSA) is 95.8 Å². The number of anilines is 2. The minimum Gasteiger partial charge on any atom is -0.379 e. The van der Waals surface area contributed by atoms with Gasteiger partial charge in [-0.05, 0) is 18.6 Å². The number of hydrogen-bond donors (Lipinski definition) is 3. The minimum atomic E-state index is -2.62. The van der Waals surface area contributed by atoms with E-state index in [0.717, 1.165) is 6.42 Å². The first-order chi connectivity index (χ1) is 15.8. The molecular weight excluding hydrogens is 432 g/mol. The monoisotopic (exact) mass is 457 g/mol. The fraction of sp³-hybridized carbons (Fsp3) is 0.409. The number of fused-ring (bicyclic) bond motifs is 1. The molecule has 11 heteroatoms. The molecule has 1 unspecified atom stereocenters.